The number of carbonyl (C=O) groups excluding carboxylic acids is 1. The van der Waals surface area contributed by atoms with Gasteiger partial charge in [-0.15, -0.1) is 11.8 Å². The van der Waals surface area contributed by atoms with Crippen LogP contribution in [0.15, 0.2) is 117 Å². The predicted molar refractivity (Wildman–Crippen MR) is 252 cm³/mol. The lowest BCUT2D eigenvalue weighted by molar-refractivity contribution is -0.0435. The van der Waals surface area contributed by atoms with Crippen LogP contribution in [0.25, 0.3) is 5.57 Å². The number of allylic oxidation sites excluding steroid dienone is 1. The van der Waals surface area contributed by atoms with E-state index < -0.39 is 47.1 Å². The van der Waals surface area contributed by atoms with E-state index in [2.05, 4.69) is 33.0 Å². The van der Waals surface area contributed by atoms with Crippen LogP contribution in [0, 0.1) is 0 Å². The molecule has 3 aliphatic rings. The molecule has 1 amide bonds. The second kappa shape index (κ2) is 22.1. The van der Waals surface area contributed by atoms with Crippen molar-refractivity contribution in [2.45, 2.75) is 96.1 Å². The maximum Gasteiger partial charge on any atom is 0.501 e. The zero-order valence-electron chi connectivity index (χ0n) is 35.9. The van der Waals surface area contributed by atoms with Crippen molar-refractivity contribution in [2.75, 3.05) is 55.8 Å². The monoisotopic (exact) mass is 973 g/mol. The lowest BCUT2D eigenvalue weighted by Crippen LogP contribution is -2.43. The molecule has 1 atom stereocenters. The number of hydrogen-bond donors (Lipinski definition) is 4. The van der Waals surface area contributed by atoms with Crippen LogP contribution in [0.2, 0.25) is 5.02 Å². The van der Waals surface area contributed by atoms with E-state index in [1.165, 1.54) is 40.6 Å². The van der Waals surface area contributed by atoms with Gasteiger partial charge in [0, 0.05) is 84.4 Å². The first-order valence-corrected chi connectivity index (χ1v) is 26.3. The quantitative estimate of drug-likeness (QED) is 0.0468. The summed E-state index contributed by atoms with van der Waals surface area (Å²) in [7, 11) is -10.9. The molecule has 350 valence electrons. The van der Waals surface area contributed by atoms with Crippen molar-refractivity contribution in [3.05, 3.63) is 119 Å². The molecule has 1 saturated carbocycles. The lowest BCUT2D eigenvalue weighted by Gasteiger charge is -2.35. The molecule has 1 aliphatic heterocycles. The minimum absolute atomic E-state index is 0.0302. The van der Waals surface area contributed by atoms with Crippen molar-refractivity contribution >= 4 is 66.1 Å². The van der Waals surface area contributed by atoms with E-state index >= 15 is 0 Å². The number of thioether (sulfide) groups is 1. The molecule has 0 bridgehead atoms. The number of halogens is 4. The third-order valence-corrected chi connectivity index (χ3v) is 16.2. The molecule has 4 aromatic rings. The van der Waals surface area contributed by atoms with Gasteiger partial charge >= 0.3 is 5.51 Å². The number of anilines is 2. The van der Waals surface area contributed by atoms with Crippen LogP contribution >= 0.6 is 23.4 Å². The fraction of sp³-hybridized carbons (Fsp3) is 0.426. The van der Waals surface area contributed by atoms with Gasteiger partial charge in [-0.1, -0.05) is 47.5 Å². The van der Waals surface area contributed by atoms with Gasteiger partial charge in [-0.3, -0.25) is 9.69 Å². The van der Waals surface area contributed by atoms with Crippen LogP contribution in [0.4, 0.5) is 24.5 Å². The number of alkyl halides is 3. The first kappa shape index (κ1) is 48.8. The van der Waals surface area contributed by atoms with Crippen molar-refractivity contribution in [2.24, 2.45) is 0 Å². The Morgan fingerprint density at radius 2 is 1.54 bits per heavy atom. The van der Waals surface area contributed by atoms with E-state index in [9.17, 15) is 34.8 Å². The number of sulfonamides is 1. The Hall–Kier alpha value is -4.10. The topological polar surface area (TPSA) is 146 Å². The third-order valence-electron chi connectivity index (χ3n) is 11.9. The van der Waals surface area contributed by atoms with Gasteiger partial charge in [-0.05, 0) is 136 Å². The molecule has 0 unspecified atom stereocenters. The zero-order valence-corrected chi connectivity index (χ0v) is 39.1. The Labute approximate surface area is 389 Å². The average Bonchev–Trinajstić information content (AvgIpc) is 4.14. The minimum atomic E-state index is -6.06. The highest BCUT2D eigenvalue weighted by Gasteiger charge is 2.48. The Balaban J connectivity index is 1.00. The molecule has 18 heteroatoms. The van der Waals surface area contributed by atoms with Crippen LogP contribution in [-0.4, -0.2) is 96.4 Å². The number of hydrogen-bond acceptors (Lipinski definition) is 11. The molecule has 2 fully saturated rings. The molecule has 1 heterocycles. The van der Waals surface area contributed by atoms with Crippen LogP contribution in [0.3, 0.4) is 0 Å². The predicted octanol–water partition coefficient (Wildman–Crippen LogP) is 9.39. The molecule has 4 aromatic carbocycles. The number of nitrogens with one attached hydrogen (secondary N) is 4. The molecule has 4 N–H and O–H groups in total. The molecule has 7 rings (SSSR count). The number of rotatable bonds is 21. The molecule has 0 radical (unpaired) electrons. The van der Waals surface area contributed by atoms with E-state index in [1.54, 1.807) is 12.1 Å². The van der Waals surface area contributed by atoms with Gasteiger partial charge in [-0.25, -0.2) is 21.6 Å². The third kappa shape index (κ3) is 13.3. The van der Waals surface area contributed by atoms with Gasteiger partial charge in [0.15, 0.2) is 0 Å². The van der Waals surface area contributed by atoms with Gasteiger partial charge in [0.05, 0.1) is 10.6 Å². The summed E-state index contributed by atoms with van der Waals surface area (Å²) in [4.78, 5) is 14.5. The zero-order chi connectivity index (χ0) is 46.0. The fourth-order valence-electron chi connectivity index (χ4n) is 8.33. The summed E-state index contributed by atoms with van der Waals surface area (Å²) in [6.07, 6.45) is 8.69. The normalized spacial score (nSPS) is 16.9. The molecular weight excluding hydrogens is 919 g/mol. The number of nitrogens with zero attached hydrogens (tertiary/aromatic N) is 1. The van der Waals surface area contributed by atoms with Crippen molar-refractivity contribution in [1.29, 1.82) is 0 Å². The number of sulfone groups is 1. The van der Waals surface area contributed by atoms with Gasteiger partial charge < -0.3 is 20.7 Å². The number of carbonyl (C=O) groups is 1. The SMILES string of the molecule is O=C(NS(=O)(=O)c1ccc(N[C@H](CCN(C2CCOCC2)C2CC2)CSc2ccccc2)c(S(=O)(=O)C(F)(F)F)c1)c1ccc(NCCNCC2=C(c3ccc(Cl)cc3)CCCC2)cc1. The van der Waals surface area contributed by atoms with Gasteiger partial charge in [0.1, 0.15) is 4.90 Å². The minimum Gasteiger partial charge on any atom is -0.384 e. The van der Waals surface area contributed by atoms with Gasteiger partial charge in [0.25, 0.3) is 25.8 Å². The van der Waals surface area contributed by atoms with Gasteiger partial charge in [-0.2, -0.15) is 13.2 Å². The van der Waals surface area contributed by atoms with E-state index in [0.717, 1.165) is 74.9 Å². The first-order chi connectivity index (χ1) is 31.2. The van der Waals surface area contributed by atoms with Crippen LogP contribution in [-0.2, 0) is 24.6 Å². The molecule has 1 saturated heterocycles. The maximum absolute atomic E-state index is 14.3. The standard InChI is InChI=1S/C47H55ClF3N5O6S3/c48-36-14-10-33(11-15-36)43-9-5-4-6-35(43)31-52-25-26-53-37-16-12-34(13-17-37)46(57)55-65(60,61)42-20-21-44(45(30-42)64(58,59)47(49,50)51)54-38(32-63-41-7-2-1-3-8-41)22-27-56(39-18-19-39)40-23-28-62-29-24-40/h1-3,7-8,10-17,20-21,30,38-40,52-54H,4-6,9,18-19,22-29,31-32H2,(H,55,57)/t38-/m1/s1. The Morgan fingerprint density at radius 3 is 2.23 bits per heavy atom. The second-order valence-corrected chi connectivity index (χ2v) is 21.7. The number of benzene rings is 4. The number of amides is 1. The highest BCUT2D eigenvalue weighted by atomic mass is 35.5. The highest BCUT2D eigenvalue weighted by molar-refractivity contribution is 7.99. The van der Waals surface area contributed by atoms with Crippen molar-refractivity contribution in [1.82, 2.24) is 14.9 Å². The first-order valence-electron chi connectivity index (χ1n) is 22.0. The Kier molecular flexibility index (Phi) is 16.6. The summed E-state index contributed by atoms with van der Waals surface area (Å²) in [6, 6.07) is 26.1. The van der Waals surface area contributed by atoms with Crippen molar-refractivity contribution < 1.29 is 39.5 Å². The fourth-order valence-corrected chi connectivity index (χ4v) is 11.5. The van der Waals surface area contributed by atoms with Gasteiger partial charge in [0.2, 0.25) is 0 Å². The van der Waals surface area contributed by atoms with Crippen LogP contribution in [0.5, 0.6) is 0 Å². The molecule has 0 spiro atoms. The molecule has 11 nitrogen and oxygen atoms in total. The average molecular weight is 975 g/mol. The van der Waals surface area contributed by atoms with Crippen molar-refractivity contribution in [3.63, 3.8) is 0 Å². The summed E-state index contributed by atoms with van der Waals surface area (Å²) in [5.74, 6) is -0.658. The van der Waals surface area contributed by atoms with E-state index in [4.69, 9.17) is 16.3 Å². The van der Waals surface area contributed by atoms with Crippen LogP contribution in [0.1, 0.15) is 73.7 Å². The van der Waals surface area contributed by atoms with E-state index in [0.29, 0.717) is 73.9 Å². The highest BCUT2D eigenvalue weighted by Crippen LogP contribution is 2.38. The summed E-state index contributed by atoms with van der Waals surface area (Å²) >= 11 is 7.57. The maximum atomic E-state index is 14.3. The summed E-state index contributed by atoms with van der Waals surface area (Å²) in [5, 5.41) is 10.5. The largest absolute Gasteiger partial charge is 0.501 e. The lowest BCUT2D eigenvalue weighted by atomic mass is 9.87. The van der Waals surface area contributed by atoms with Crippen LogP contribution < -0.4 is 20.7 Å². The van der Waals surface area contributed by atoms with E-state index in [1.807, 2.05) is 47.2 Å². The molecule has 0 aromatic heterocycles. The summed E-state index contributed by atoms with van der Waals surface area (Å²) in [5.41, 5.74) is -1.55. The van der Waals surface area contributed by atoms with Crippen molar-refractivity contribution in [3.8, 4) is 0 Å². The molecule has 2 aliphatic carbocycles. The summed E-state index contributed by atoms with van der Waals surface area (Å²) in [6.45, 7) is 3.91. The molecule has 65 heavy (non-hydrogen) atoms. The van der Waals surface area contributed by atoms with E-state index in [-0.39, 0.29) is 11.3 Å². The number of ether oxygens (including phenoxy) is 1. The smallest absolute Gasteiger partial charge is 0.384 e. The molecular formula is C47H55ClF3N5O6S3. The summed E-state index contributed by atoms with van der Waals surface area (Å²) < 4.78 is 104. The second-order valence-electron chi connectivity index (χ2n) is 16.6. The Morgan fingerprint density at radius 1 is 0.846 bits per heavy atom. The Bertz CT molecular complexity index is 2490.